The number of amides is 1. The summed E-state index contributed by atoms with van der Waals surface area (Å²) in [5.41, 5.74) is 2.80. The second-order valence-electron chi connectivity index (χ2n) is 6.99. The van der Waals surface area contributed by atoms with Crippen molar-refractivity contribution in [3.05, 3.63) is 72.3 Å². The molecular formula is C23H24N4OS2. The van der Waals surface area contributed by atoms with E-state index in [4.69, 9.17) is 4.98 Å². The van der Waals surface area contributed by atoms with Crippen molar-refractivity contribution >= 4 is 44.4 Å². The van der Waals surface area contributed by atoms with Gasteiger partial charge in [0, 0.05) is 35.9 Å². The second-order valence-corrected chi connectivity index (χ2v) is 9.34. The van der Waals surface area contributed by atoms with Crippen molar-refractivity contribution in [2.24, 2.45) is 0 Å². The van der Waals surface area contributed by atoms with Gasteiger partial charge in [-0.05, 0) is 48.9 Å². The quantitative estimate of drug-likeness (QED) is 0.335. The number of aryl methyl sites for hydroxylation is 2. The Morgan fingerprint density at radius 3 is 2.87 bits per heavy atom. The Kier molecular flexibility index (Phi) is 6.50. The Labute approximate surface area is 184 Å². The summed E-state index contributed by atoms with van der Waals surface area (Å²) in [5, 5.41) is 0.753. The van der Waals surface area contributed by atoms with E-state index >= 15 is 0 Å². The highest BCUT2D eigenvalue weighted by molar-refractivity contribution is 7.99. The summed E-state index contributed by atoms with van der Waals surface area (Å²) in [6, 6.07) is 14.0. The molecule has 0 N–H and O–H groups in total. The molecule has 154 valence electrons. The first-order valence-corrected chi connectivity index (χ1v) is 11.8. The number of anilines is 1. The number of hydrogen-bond donors (Lipinski definition) is 0. The molecule has 0 saturated heterocycles. The average molecular weight is 437 g/mol. The first-order chi connectivity index (χ1) is 14.7. The van der Waals surface area contributed by atoms with Gasteiger partial charge in [0.05, 0.1) is 16.5 Å². The predicted octanol–water partition coefficient (Wildman–Crippen LogP) is 5.65. The lowest BCUT2D eigenvalue weighted by atomic mass is 10.2. The van der Waals surface area contributed by atoms with Gasteiger partial charge in [-0.15, -0.1) is 11.8 Å². The monoisotopic (exact) mass is 436 g/mol. The molecule has 5 nitrogen and oxygen atoms in total. The molecular weight excluding hydrogens is 412 g/mol. The molecule has 4 aromatic rings. The van der Waals surface area contributed by atoms with Gasteiger partial charge in [0.15, 0.2) is 5.13 Å². The fraction of sp³-hybridized carbons (Fsp3) is 0.261. The lowest BCUT2D eigenvalue weighted by molar-refractivity contribution is 0.0986. The molecule has 0 bridgehead atoms. The Balaban J connectivity index is 1.64. The highest BCUT2D eigenvalue weighted by atomic mass is 32.2. The van der Waals surface area contributed by atoms with Crippen LogP contribution >= 0.6 is 23.1 Å². The summed E-state index contributed by atoms with van der Waals surface area (Å²) in [4.78, 5) is 25.4. The highest BCUT2D eigenvalue weighted by Crippen LogP contribution is 2.32. The predicted molar refractivity (Wildman–Crippen MR) is 126 cm³/mol. The van der Waals surface area contributed by atoms with Crippen LogP contribution in [0.15, 0.2) is 66.1 Å². The van der Waals surface area contributed by atoms with Gasteiger partial charge in [-0.3, -0.25) is 9.69 Å². The SMILES string of the molecule is CCSc1cccc(C(=O)N(CCCn2ccnc2)c2nc3c(C)cccc3s2)c1. The molecule has 2 heterocycles. The number of carbonyl (C=O) groups is 1. The third kappa shape index (κ3) is 4.57. The van der Waals surface area contributed by atoms with Crippen molar-refractivity contribution < 1.29 is 4.79 Å². The zero-order valence-corrected chi connectivity index (χ0v) is 18.7. The number of thiazole rings is 1. The normalized spacial score (nSPS) is 11.1. The Hall–Kier alpha value is -2.64. The summed E-state index contributed by atoms with van der Waals surface area (Å²) >= 11 is 3.32. The Morgan fingerprint density at radius 1 is 1.23 bits per heavy atom. The number of nitrogens with zero attached hydrogens (tertiary/aromatic N) is 4. The lowest BCUT2D eigenvalue weighted by Gasteiger charge is -2.20. The number of hydrogen-bond acceptors (Lipinski definition) is 5. The van der Waals surface area contributed by atoms with Gasteiger partial charge in [0.1, 0.15) is 0 Å². The maximum Gasteiger partial charge on any atom is 0.260 e. The topological polar surface area (TPSA) is 51.0 Å². The number of thioether (sulfide) groups is 1. The van der Waals surface area contributed by atoms with Crippen LogP contribution < -0.4 is 4.90 Å². The second kappa shape index (κ2) is 9.45. The van der Waals surface area contributed by atoms with Crippen LogP contribution in [0.3, 0.4) is 0 Å². The van der Waals surface area contributed by atoms with Crippen molar-refractivity contribution in [1.29, 1.82) is 0 Å². The van der Waals surface area contributed by atoms with E-state index in [1.54, 1.807) is 35.6 Å². The van der Waals surface area contributed by atoms with E-state index < -0.39 is 0 Å². The van der Waals surface area contributed by atoms with Crippen molar-refractivity contribution in [3.63, 3.8) is 0 Å². The molecule has 30 heavy (non-hydrogen) atoms. The molecule has 0 radical (unpaired) electrons. The van der Waals surface area contributed by atoms with E-state index in [0.29, 0.717) is 12.1 Å². The molecule has 0 fully saturated rings. The smallest absolute Gasteiger partial charge is 0.260 e. The minimum atomic E-state index is -0.00380. The average Bonchev–Trinajstić information content (AvgIpc) is 3.42. The molecule has 1 amide bonds. The minimum absolute atomic E-state index is 0.00380. The van der Waals surface area contributed by atoms with Crippen LogP contribution in [0.4, 0.5) is 5.13 Å². The number of carbonyl (C=O) groups excluding carboxylic acids is 1. The molecule has 0 spiro atoms. The summed E-state index contributed by atoms with van der Waals surface area (Å²) in [5.74, 6) is 0.972. The van der Waals surface area contributed by atoms with Crippen LogP contribution in [0.5, 0.6) is 0 Å². The molecule has 2 aromatic carbocycles. The molecule has 0 aliphatic carbocycles. The zero-order chi connectivity index (χ0) is 20.9. The Bertz CT molecular complexity index is 1140. The maximum atomic E-state index is 13.5. The van der Waals surface area contributed by atoms with Crippen molar-refractivity contribution in [2.75, 3.05) is 17.2 Å². The van der Waals surface area contributed by atoms with E-state index in [1.165, 1.54) is 0 Å². The molecule has 0 aliphatic rings. The minimum Gasteiger partial charge on any atom is -0.337 e. The Morgan fingerprint density at radius 2 is 2.10 bits per heavy atom. The molecule has 2 aromatic heterocycles. The van der Waals surface area contributed by atoms with Crippen molar-refractivity contribution in [3.8, 4) is 0 Å². The lowest BCUT2D eigenvalue weighted by Crippen LogP contribution is -2.32. The van der Waals surface area contributed by atoms with Gasteiger partial charge >= 0.3 is 0 Å². The summed E-state index contributed by atoms with van der Waals surface area (Å²) < 4.78 is 3.14. The van der Waals surface area contributed by atoms with Crippen LogP contribution in [0.2, 0.25) is 0 Å². The largest absolute Gasteiger partial charge is 0.337 e. The zero-order valence-electron chi connectivity index (χ0n) is 17.1. The number of aromatic nitrogens is 3. The van der Waals surface area contributed by atoms with Crippen LogP contribution in [0, 0.1) is 6.92 Å². The van der Waals surface area contributed by atoms with E-state index in [-0.39, 0.29) is 5.91 Å². The number of benzene rings is 2. The summed E-state index contributed by atoms with van der Waals surface area (Å²) in [6.45, 7) is 5.58. The number of para-hydroxylation sites is 1. The van der Waals surface area contributed by atoms with Gasteiger partial charge < -0.3 is 4.57 Å². The van der Waals surface area contributed by atoms with E-state index in [1.807, 2.05) is 39.9 Å². The summed E-state index contributed by atoms with van der Waals surface area (Å²) in [7, 11) is 0. The van der Waals surface area contributed by atoms with Crippen molar-refractivity contribution in [1.82, 2.24) is 14.5 Å². The van der Waals surface area contributed by atoms with E-state index in [0.717, 1.165) is 44.5 Å². The van der Waals surface area contributed by atoms with E-state index in [9.17, 15) is 4.79 Å². The van der Waals surface area contributed by atoms with Crippen LogP contribution in [0.1, 0.15) is 29.3 Å². The van der Waals surface area contributed by atoms with E-state index in [2.05, 4.69) is 37.0 Å². The standard InChI is InChI=1S/C23H24N4OS2/c1-3-29-19-9-5-8-18(15-19)22(28)27(13-6-12-26-14-11-24-16-26)23-25-21-17(2)7-4-10-20(21)30-23/h4-5,7-11,14-16H,3,6,12-13H2,1-2H3. The first kappa shape index (κ1) is 20.6. The fourth-order valence-electron chi connectivity index (χ4n) is 3.35. The van der Waals surface area contributed by atoms with Crippen LogP contribution in [0.25, 0.3) is 10.2 Å². The van der Waals surface area contributed by atoms with Gasteiger partial charge in [0.25, 0.3) is 5.91 Å². The molecule has 4 rings (SSSR count). The molecule has 0 unspecified atom stereocenters. The van der Waals surface area contributed by atoms with Crippen LogP contribution in [-0.4, -0.2) is 32.7 Å². The molecule has 0 saturated carbocycles. The maximum absolute atomic E-state index is 13.5. The van der Waals surface area contributed by atoms with Gasteiger partial charge in [0.2, 0.25) is 0 Å². The van der Waals surface area contributed by atoms with Gasteiger partial charge in [-0.2, -0.15) is 0 Å². The molecule has 0 atom stereocenters. The van der Waals surface area contributed by atoms with Gasteiger partial charge in [-0.25, -0.2) is 9.97 Å². The van der Waals surface area contributed by atoms with Crippen LogP contribution in [-0.2, 0) is 6.54 Å². The number of rotatable bonds is 8. The molecule has 0 aliphatic heterocycles. The van der Waals surface area contributed by atoms with Gasteiger partial charge in [-0.1, -0.05) is 36.5 Å². The fourth-order valence-corrected chi connectivity index (χ4v) is 5.13. The van der Waals surface area contributed by atoms with Crippen molar-refractivity contribution in [2.45, 2.75) is 31.7 Å². The molecule has 7 heteroatoms. The third-order valence-corrected chi connectivity index (χ3v) is 6.75. The first-order valence-electron chi connectivity index (χ1n) is 10.0. The number of fused-ring (bicyclic) bond motifs is 1. The highest BCUT2D eigenvalue weighted by Gasteiger charge is 2.22. The third-order valence-electron chi connectivity index (χ3n) is 4.83. The number of imidazole rings is 1. The summed E-state index contributed by atoms with van der Waals surface area (Å²) in [6.07, 6.45) is 6.34.